The summed E-state index contributed by atoms with van der Waals surface area (Å²) in [6.45, 7) is 7.74. The van der Waals surface area contributed by atoms with Crippen LogP contribution in [0.25, 0.3) is 0 Å². The first-order valence-corrected chi connectivity index (χ1v) is 4.46. The van der Waals surface area contributed by atoms with E-state index < -0.39 is 5.60 Å². The summed E-state index contributed by atoms with van der Waals surface area (Å²) < 4.78 is 0.560. The Balaban J connectivity index is 4.34. The summed E-state index contributed by atoms with van der Waals surface area (Å²) in [5.41, 5.74) is -0.911. The molecule has 0 aromatic carbocycles. The van der Waals surface area contributed by atoms with Gasteiger partial charge in [-0.05, 0) is 12.3 Å². The Morgan fingerprint density at radius 1 is 1.36 bits per heavy atom. The lowest BCUT2D eigenvalue weighted by molar-refractivity contribution is -0.0336. The first-order valence-electron chi connectivity index (χ1n) is 3.61. The number of hydrogen-bond acceptors (Lipinski definition) is 2. The number of thiocarbonyl (C=S) groups is 1. The quantitative estimate of drug-likeness (QED) is 0.517. The summed E-state index contributed by atoms with van der Waals surface area (Å²) >= 11 is 8.81. The Labute approximate surface area is 79.6 Å². The molecule has 0 rings (SSSR count). The van der Waals surface area contributed by atoms with E-state index in [0.717, 1.165) is 0 Å². The van der Waals surface area contributed by atoms with Crippen molar-refractivity contribution in [1.29, 1.82) is 0 Å². The lowest BCUT2D eigenvalue weighted by atomic mass is 9.76. The zero-order valence-electron chi connectivity index (χ0n) is 7.51. The predicted octanol–water partition coefficient (Wildman–Crippen LogP) is 2.43. The van der Waals surface area contributed by atoms with E-state index in [2.05, 4.69) is 12.6 Å². The van der Waals surface area contributed by atoms with E-state index >= 15 is 0 Å². The molecule has 0 aliphatic heterocycles. The molecule has 0 radical (unpaired) electrons. The summed E-state index contributed by atoms with van der Waals surface area (Å²) in [6, 6.07) is 0. The van der Waals surface area contributed by atoms with E-state index in [4.69, 9.17) is 12.2 Å². The third-order valence-electron chi connectivity index (χ3n) is 2.11. The van der Waals surface area contributed by atoms with Crippen molar-refractivity contribution in [3.63, 3.8) is 0 Å². The Hall–Kier alpha value is 0.400. The number of hydrogen-bond donors (Lipinski definition) is 2. The van der Waals surface area contributed by atoms with Crippen molar-refractivity contribution >= 4 is 29.0 Å². The molecule has 0 fully saturated rings. The fraction of sp³-hybridized carbons (Fsp3) is 0.875. The Kier molecular flexibility index (Phi) is 3.54. The summed E-state index contributed by atoms with van der Waals surface area (Å²) in [5.74, 6) is 0. The maximum absolute atomic E-state index is 9.88. The maximum Gasteiger partial charge on any atom is 0.0721 e. The van der Waals surface area contributed by atoms with Crippen molar-refractivity contribution in [2.45, 2.75) is 39.7 Å². The van der Waals surface area contributed by atoms with E-state index in [1.807, 2.05) is 20.8 Å². The normalized spacial score (nSPS) is 17.6. The molecular formula is C8H16OS2. The van der Waals surface area contributed by atoms with Gasteiger partial charge in [0.15, 0.2) is 0 Å². The minimum atomic E-state index is -0.758. The molecule has 0 bridgehead atoms. The highest BCUT2D eigenvalue weighted by atomic mass is 32.1. The van der Waals surface area contributed by atoms with Gasteiger partial charge in [-0.2, -0.15) is 0 Å². The molecule has 1 N–H and O–H groups in total. The lowest BCUT2D eigenvalue weighted by Crippen LogP contribution is -2.40. The van der Waals surface area contributed by atoms with Gasteiger partial charge >= 0.3 is 0 Å². The van der Waals surface area contributed by atoms with Crippen LogP contribution in [0.2, 0.25) is 0 Å². The SMILES string of the molecule is CC(C)(C)[C@](C)(O)CC(=S)S. The Morgan fingerprint density at radius 3 is 1.82 bits per heavy atom. The molecule has 11 heavy (non-hydrogen) atoms. The Bertz CT molecular complexity index is 156. The van der Waals surface area contributed by atoms with Crippen molar-refractivity contribution in [1.82, 2.24) is 0 Å². The van der Waals surface area contributed by atoms with Gasteiger partial charge in [-0.25, -0.2) is 0 Å². The maximum atomic E-state index is 9.88. The number of rotatable bonds is 2. The molecule has 0 unspecified atom stereocenters. The second-order valence-corrected chi connectivity index (χ2v) is 5.43. The van der Waals surface area contributed by atoms with E-state index in [1.165, 1.54) is 0 Å². The summed E-state index contributed by atoms with van der Waals surface area (Å²) in [6.07, 6.45) is 0.467. The van der Waals surface area contributed by atoms with Crippen LogP contribution in [0.5, 0.6) is 0 Å². The topological polar surface area (TPSA) is 20.2 Å². The minimum absolute atomic E-state index is 0.153. The molecule has 0 amide bonds. The van der Waals surface area contributed by atoms with Gasteiger partial charge in [0.1, 0.15) is 0 Å². The zero-order chi connectivity index (χ0) is 9.28. The Morgan fingerprint density at radius 2 is 1.73 bits per heavy atom. The van der Waals surface area contributed by atoms with Crippen LogP contribution >= 0.6 is 24.8 Å². The van der Waals surface area contributed by atoms with Crippen LogP contribution in [0.1, 0.15) is 34.1 Å². The summed E-state index contributed by atoms with van der Waals surface area (Å²) in [7, 11) is 0. The highest BCUT2D eigenvalue weighted by molar-refractivity contribution is 8.11. The molecule has 1 nitrogen and oxygen atoms in total. The van der Waals surface area contributed by atoms with Crippen LogP contribution in [0, 0.1) is 5.41 Å². The highest BCUT2D eigenvalue weighted by Gasteiger charge is 2.35. The van der Waals surface area contributed by atoms with Gasteiger partial charge in [0.2, 0.25) is 0 Å². The molecule has 0 spiro atoms. The van der Waals surface area contributed by atoms with Crippen molar-refractivity contribution in [3.05, 3.63) is 0 Å². The van der Waals surface area contributed by atoms with Crippen molar-refractivity contribution < 1.29 is 5.11 Å². The van der Waals surface area contributed by atoms with Gasteiger partial charge in [0.25, 0.3) is 0 Å². The fourth-order valence-electron chi connectivity index (χ4n) is 0.560. The molecule has 0 aromatic rings. The molecule has 0 heterocycles. The summed E-state index contributed by atoms with van der Waals surface area (Å²) in [5, 5.41) is 9.88. The summed E-state index contributed by atoms with van der Waals surface area (Å²) in [4.78, 5) is 0. The van der Waals surface area contributed by atoms with E-state index in [0.29, 0.717) is 10.6 Å². The van der Waals surface area contributed by atoms with Crippen LogP contribution in [0.15, 0.2) is 0 Å². The van der Waals surface area contributed by atoms with E-state index in [9.17, 15) is 5.11 Å². The number of aliphatic hydroxyl groups is 1. The smallest absolute Gasteiger partial charge is 0.0721 e. The van der Waals surface area contributed by atoms with Gasteiger partial charge in [-0.15, -0.1) is 12.6 Å². The van der Waals surface area contributed by atoms with Crippen LogP contribution in [-0.2, 0) is 0 Å². The third-order valence-corrected chi connectivity index (χ3v) is 2.41. The molecule has 0 aromatic heterocycles. The van der Waals surface area contributed by atoms with Crippen LogP contribution in [0.3, 0.4) is 0 Å². The predicted molar refractivity (Wildman–Crippen MR) is 56.3 cm³/mol. The first-order chi connectivity index (χ1) is 4.67. The van der Waals surface area contributed by atoms with Crippen molar-refractivity contribution in [3.8, 4) is 0 Å². The molecule has 0 aliphatic carbocycles. The van der Waals surface area contributed by atoms with Gasteiger partial charge in [0.05, 0.1) is 5.60 Å². The largest absolute Gasteiger partial charge is 0.389 e. The average molecular weight is 192 g/mol. The minimum Gasteiger partial charge on any atom is -0.389 e. The van der Waals surface area contributed by atoms with Crippen LogP contribution < -0.4 is 0 Å². The van der Waals surface area contributed by atoms with Crippen LogP contribution in [-0.4, -0.2) is 14.9 Å². The molecule has 0 aliphatic rings. The van der Waals surface area contributed by atoms with Crippen molar-refractivity contribution in [2.75, 3.05) is 0 Å². The lowest BCUT2D eigenvalue weighted by Gasteiger charge is -2.36. The van der Waals surface area contributed by atoms with Gasteiger partial charge in [-0.1, -0.05) is 33.0 Å². The van der Waals surface area contributed by atoms with Crippen molar-refractivity contribution in [2.24, 2.45) is 5.41 Å². The molecule has 3 heteroatoms. The van der Waals surface area contributed by atoms with Gasteiger partial charge < -0.3 is 5.11 Å². The average Bonchev–Trinajstić information content (AvgIpc) is 1.56. The van der Waals surface area contributed by atoms with E-state index in [-0.39, 0.29) is 5.41 Å². The zero-order valence-corrected chi connectivity index (χ0v) is 9.22. The first kappa shape index (κ1) is 11.4. The van der Waals surface area contributed by atoms with Gasteiger partial charge in [0, 0.05) is 10.6 Å². The number of thiol groups is 1. The van der Waals surface area contributed by atoms with E-state index in [1.54, 1.807) is 6.92 Å². The second-order valence-electron chi connectivity index (χ2n) is 4.09. The highest BCUT2D eigenvalue weighted by Crippen LogP contribution is 2.33. The monoisotopic (exact) mass is 192 g/mol. The molecule has 0 saturated carbocycles. The molecule has 0 saturated heterocycles. The molecule has 66 valence electrons. The fourth-order valence-corrected chi connectivity index (χ4v) is 1.15. The second kappa shape index (κ2) is 3.42. The van der Waals surface area contributed by atoms with Crippen LogP contribution in [0.4, 0.5) is 0 Å². The standard InChI is InChI=1S/C8H16OS2/c1-7(2,3)8(4,9)5-6(10)11/h9H,5H2,1-4H3,(H,10,11)/t8-/m1/s1. The molecule has 1 atom stereocenters. The molecular weight excluding hydrogens is 176 g/mol. The third kappa shape index (κ3) is 3.54. The van der Waals surface area contributed by atoms with Gasteiger partial charge in [-0.3, -0.25) is 0 Å².